The molecule has 1 atom stereocenters. The second-order valence-electron chi connectivity index (χ2n) is 9.34. The van der Waals surface area contributed by atoms with E-state index >= 15 is 0 Å². The number of aliphatic imine (C=N–C) groups is 1. The molecule has 3 heterocycles. The lowest BCUT2D eigenvalue weighted by Gasteiger charge is -2.26. The highest BCUT2D eigenvalue weighted by Crippen LogP contribution is 2.28. The smallest absolute Gasteiger partial charge is 0.108 e. The molecule has 0 saturated carbocycles. The maximum Gasteiger partial charge on any atom is 0.108 e. The monoisotopic (exact) mass is 444 g/mol. The molecule has 1 unspecified atom stereocenters. The summed E-state index contributed by atoms with van der Waals surface area (Å²) < 4.78 is 0. The van der Waals surface area contributed by atoms with E-state index in [4.69, 9.17) is 4.99 Å². The molecule has 4 rings (SSSR count). The van der Waals surface area contributed by atoms with Gasteiger partial charge in [-0.2, -0.15) is 0 Å². The van der Waals surface area contributed by atoms with Crippen LogP contribution in [0.5, 0.6) is 0 Å². The third-order valence-corrected chi connectivity index (χ3v) is 7.11. The van der Waals surface area contributed by atoms with E-state index in [0.717, 1.165) is 32.0 Å². The number of allylic oxidation sites excluding steroid dienone is 5. The van der Waals surface area contributed by atoms with Gasteiger partial charge in [0.2, 0.25) is 0 Å². The molecule has 2 fully saturated rings. The van der Waals surface area contributed by atoms with Gasteiger partial charge in [0.05, 0.1) is 6.54 Å². The third kappa shape index (κ3) is 5.67. The molecule has 0 bridgehead atoms. The molecule has 3 aliphatic heterocycles. The fourth-order valence-electron chi connectivity index (χ4n) is 5.42. The number of nitrogens with zero attached hydrogens (tertiary/aromatic N) is 4. The van der Waals surface area contributed by atoms with E-state index in [1.165, 1.54) is 73.8 Å². The summed E-state index contributed by atoms with van der Waals surface area (Å²) in [7, 11) is 0. The first-order valence-electron chi connectivity index (χ1n) is 12.8. The van der Waals surface area contributed by atoms with Gasteiger partial charge in [-0.05, 0) is 62.9 Å². The minimum Gasteiger partial charge on any atom is -0.370 e. The highest BCUT2D eigenvalue weighted by Gasteiger charge is 2.30. The summed E-state index contributed by atoms with van der Waals surface area (Å²) in [5, 5.41) is 0. The summed E-state index contributed by atoms with van der Waals surface area (Å²) in [6.45, 7) is 14.9. The first-order valence-corrected chi connectivity index (χ1v) is 12.8. The van der Waals surface area contributed by atoms with E-state index in [1.54, 1.807) is 0 Å². The maximum atomic E-state index is 4.86. The van der Waals surface area contributed by atoms with Crippen LogP contribution in [0, 0.1) is 0 Å². The van der Waals surface area contributed by atoms with Gasteiger partial charge in [0.15, 0.2) is 0 Å². The van der Waals surface area contributed by atoms with Crippen molar-refractivity contribution in [3.8, 4) is 0 Å². The van der Waals surface area contributed by atoms with Crippen LogP contribution in [0.2, 0.25) is 0 Å². The minimum atomic E-state index is 0.732. The van der Waals surface area contributed by atoms with Crippen LogP contribution in [0.1, 0.15) is 50.7 Å². The van der Waals surface area contributed by atoms with Crippen molar-refractivity contribution in [2.45, 2.75) is 52.0 Å². The predicted molar refractivity (Wildman–Crippen MR) is 141 cm³/mol. The zero-order valence-corrected chi connectivity index (χ0v) is 20.5. The quantitative estimate of drug-likeness (QED) is 0.469. The fraction of sp³-hybridized carbons (Fsp3) is 0.483. The molecule has 0 amide bonds. The number of rotatable bonds is 9. The van der Waals surface area contributed by atoms with Gasteiger partial charge in [0.1, 0.15) is 5.84 Å². The lowest BCUT2D eigenvalue weighted by Crippen LogP contribution is -2.34. The molecule has 0 aliphatic carbocycles. The lowest BCUT2D eigenvalue weighted by molar-refractivity contribution is 0.248. The van der Waals surface area contributed by atoms with Crippen LogP contribution in [0.4, 0.5) is 0 Å². The molecule has 0 spiro atoms. The Kier molecular flexibility index (Phi) is 8.22. The van der Waals surface area contributed by atoms with Crippen molar-refractivity contribution in [1.29, 1.82) is 0 Å². The number of hydrogen-bond acceptors (Lipinski definition) is 4. The van der Waals surface area contributed by atoms with Crippen molar-refractivity contribution in [3.63, 3.8) is 0 Å². The molecular formula is C29H40N4. The van der Waals surface area contributed by atoms with E-state index in [1.807, 2.05) is 12.2 Å². The maximum absolute atomic E-state index is 4.86. The number of benzene rings is 1. The van der Waals surface area contributed by atoms with E-state index in [0.29, 0.717) is 0 Å². The number of hydrogen-bond donors (Lipinski definition) is 0. The van der Waals surface area contributed by atoms with Crippen LogP contribution in [0.15, 0.2) is 71.9 Å². The second kappa shape index (κ2) is 11.5. The lowest BCUT2D eigenvalue weighted by atomic mass is 10.1. The van der Waals surface area contributed by atoms with Gasteiger partial charge >= 0.3 is 0 Å². The van der Waals surface area contributed by atoms with E-state index in [9.17, 15) is 0 Å². The van der Waals surface area contributed by atoms with Gasteiger partial charge < -0.3 is 9.80 Å². The normalized spacial score (nSPS) is 23.3. The molecule has 33 heavy (non-hydrogen) atoms. The average Bonchev–Trinajstić information content (AvgIpc) is 3.59. The highest BCUT2D eigenvalue weighted by atomic mass is 15.3. The average molecular weight is 445 g/mol. The summed E-state index contributed by atoms with van der Waals surface area (Å²) in [6.07, 6.45) is 16.3. The summed E-state index contributed by atoms with van der Waals surface area (Å²) in [4.78, 5) is 12.6. The molecular weight excluding hydrogens is 404 g/mol. The molecule has 3 aliphatic rings. The van der Waals surface area contributed by atoms with Crippen LogP contribution >= 0.6 is 0 Å². The fourth-order valence-corrected chi connectivity index (χ4v) is 5.42. The second-order valence-corrected chi connectivity index (χ2v) is 9.34. The standard InChI is InChI=1S/C29H40N4/c1-4-7-8-11-26-22-30-29(33(26)17-5-2)21-24-12-14-25(15-13-24)28(6-3)32-20-16-27(23-32)31-18-9-10-19-31/h4,6-8,11-15,27H,1,5,9-10,16-23H2,2-3H3/b8-7-,26-11+,28-6?. The van der Waals surface area contributed by atoms with Gasteiger partial charge in [-0.15, -0.1) is 0 Å². The summed E-state index contributed by atoms with van der Waals surface area (Å²) in [5.41, 5.74) is 5.32. The zero-order valence-electron chi connectivity index (χ0n) is 20.5. The van der Waals surface area contributed by atoms with Crippen LogP contribution in [0.3, 0.4) is 0 Å². The van der Waals surface area contributed by atoms with E-state index in [2.05, 4.69) is 77.6 Å². The van der Waals surface area contributed by atoms with Crippen molar-refractivity contribution in [2.75, 3.05) is 39.3 Å². The van der Waals surface area contributed by atoms with E-state index < -0.39 is 0 Å². The van der Waals surface area contributed by atoms with Gasteiger partial charge in [0, 0.05) is 43.5 Å². The Balaban J connectivity index is 1.40. The Morgan fingerprint density at radius 1 is 1.12 bits per heavy atom. The zero-order chi connectivity index (χ0) is 23.0. The van der Waals surface area contributed by atoms with Crippen molar-refractivity contribution in [1.82, 2.24) is 14.7 Å². The molecule has 0 aromatic heterocycles. The Bertz CT molecular complexity index is 915. The van der Waals surface area contributed by atoms with Crippen LogP contribution in [-0.2, 0) is 6.42 Å². The van der Waals surface area contributed by atoms with Crippen molar-refractivity contribution < 1.29 is 0 Å². The van der Waals surface area contributed by atoms with Crippen molar-refractivity contribution in [3.05, 3.63) is 78.0 Å². The van der Waals surface area contributed by atoms with Crippen LogP contribution in [0.25, 0.3) is 5.70 Å². The number of amidine groups is 1. The largest absolute Gasteiger partial charge is 0.370 e. The molecule has 4 heteroatoms. The first-order chi connectivity index (χ1) is 16.2. The summed E-state index contributed by atoms with van der Waals surface area (Å²) in [5.74, 6) is 1.18. The van der Waals surface area contributed by atoms with Gasteiger partial charge in [-0.3, -0.25) is 9.89 Å². The SMILES string of the molecule is C=C/C=C\C=C1/CN=C(Cc2ccc(C(=CC)N3CCC(N4CCCC4)C3)cc2)N1CCC. The van der Waals surface area contributed by atoms with Gasteiger partial charge in [0.25, 0.3) is 0 Å². The molecule has 0 radical (unpaired) electrons. The van der Waals surface area contributed by atoms with Crippen LogP contribution < -0.4 is 0 Å². The van der Waals surface area contributed by atoms with Gasteiger partial charge in [-0.25, -0.2) is 0 Å². The van der Waals surface area contributed by atoms with Gasteiger partial charge in [-0.1, -0.05) is 62.1 Å². The Labute approximate surface area is 200 Å². The van der Waals surface area contributed by atoms with E-state index in [-0.39, 0.29) is 0 Å². The predicted octanol–water partition coefficient (Wildman–Crippen LogP) is 5.51. The molecule has 176 valence electrons. The summed E-state index contributed by atoms with van der Waals surface area (Å²) >= 11 is 0. The molecule has 0 N–H and O–H groups in total. The highest BCUT2D eigenvalue weighted by molar-refractivity contribution is 5.88. The molecule has 4 nitrogen and oxygen atoms in total. The van der Waals surface area contributed by atoms with Crippen molar-refractivity contribution in [2.24, 2.45) is 4.99 Å². The Morgan fingerprint density at radius 2 is 1.91 bits per heavy atom. The van der Waals surface area contributed by atoms with Crippen LogP contribution in [-0.4, -0.2) is 65.8 Å². The molecule has 1 aromatic carbocycles. The molecule has 2 saturated heterocycles. The minimum absolute atomic E-state index is 0.732. The Morgan fingerprint density at radius 3 is 2.61 bits per heavy atom. The molecule has 1 aromatic rings. The first kappa shape index (κ1) is 23.6. The number of likely N-dealkylation sites (tertiary alicyclic amines) is 2. The Hall–Kier alpha value is -2.59. The third-order valence-electron chi connectivity index (χ3n) is 7.11. The topological polar surface area (TPSA) is 22.1 Å². The van der Waals surface area contributed by atoms with Crippen molar-refractivity contribution >= 4 is 11.5 Å². The summed E-state index contributed by atoms with van der Waals surface area (Å²) in [6, 6.07) is 9.92.